The van der Waals surface area contributed by atoms with E-state index in [1.54, 1.807) is 6.21 Å². The smallest absolute Gasteiger partial charge is 0.236 e. The van der Waals surface area contributed by atoms with Crippen molar-refractivity contribution in [3.63, 3.8) is 0 Å². The highest BCUT2D eigenvalue weighted by atomic mass is 16.2. The second-order valence-corrected chi connectivity index (χ2v) is 8.54. The lowest BCUT2D eigenvalue weighted by Crippen LogP contribution is -2.44. The maximum absolute atomic E-state index is 11.1. The molecule has 1 heterocycles. The summed E-state index contributed by atoms with van der Waals surface area (Å²) < 4.78 is 0. The van der Waals surface area contributed by atoms with Crippen LogP contribution in [-0.4, -0.2) is 17.1 Å². The molecular formula is C22H25N3O. The summed E-state index contributed by atoms with van der Waals surface area (Å²) in [6.45, 7) is 1.47. The van der Waals surface area contributed by atoms with E-state index in [-0.39, 0.29) is 5.91 Å². The second kappa shape index (κ2) is 6.19. The third-order valence-electron chi connectivity index (χ3n) is 6.76. The number of hydrazone groups is 1. The van der Waals surface area contributed by atoms with Crippen LogP contribution in [-0.2, 0) is 4.79 Å². The zero-order valence-electron chi connectivity index (χ0n) is 15.2. The Bertz CT molecular complexity index is 860. The van der Waals surface area contributed by atoms with Crippen molar-refractivity contribution in [3.8, 4) is 0 Å². The first-order valence-corrected chi connectivity index (χ1v) is 9.86. The van der Waals surface area contributed by atoms with E-state index < -0.39 is 0 Å². The molecule has 4 bridgehead atoms. The molecule has 0 spiro atoms. The summed E-state index contributed by atoms with van der Waals surface area (Å²) in [6, 6.07) is 10.5. The molecule has 0 unspecified atom stereocenters. The highest BCUT2D eigenvalue weighted by Crippen LogP contribution is 2.59. The number of nitrogens with one attached hydrogen (secondary N) is 1. The van der Waals surface area contributed by atoms with Crippen LogP contribution >= 0.6 is 0 Å². The predicted molar refractivity (Wildman–Crippen MR) is 103 cm³/mol. The summed E-state index contributed by atoms with van der Waals surface area (Å²) >= 11 is 0. The molecule has 4 aliphatic rings. The first kappa shape index (κ1) is 16.0. The lowest BCUT2D eigenvalue weighted by atomic mass is 9.51. The molecule has 1 aromatic carbocycles. The number of hydrogen-bond donors (Lipinski definition) is 1. The Morgan fingerprint density at radius 3 is 2.50 bits per heavy atom. The summed E-state index contributed by atoms with van der Waals surface area (Å²) in [4.78, 5) is 16.2. The van der Waals surface area contributed by atoms with Gasteiger partial charge in [-0.25, -0.2) is 5.43 Å². The van der Waals surface area contributed by atoms with Crippen LogP contribution in [0.2, 0.25) is 0 Å². The Morgan fingerprint density at radius 1 is 1.12 bits per heavy atom. The fourth-order valence-electron chi connectivity index (χ4n) is 6.10. The molecule has 4 saturated carbocycles. The number of para-hydroxylation sites is 1. The molecule has 4 nitrogen and oxygen atoms in total. The number of rotatable bonds is 3. The van der Waals surface area contributed by atoms with Gasteiger partial charge in [0, 0.05) is 29.5 Å². The fourth-order valence-corrected chi connectivity index (χ4v) is 6.10. The Balaban J connectivity index is 1.56. The van der Waals surface area contributed by atoms with Crippen molar-refractivity contribution in [2.45, 2.75) is 44.9 Å². The van der Waals surface area contributed by atoms with Crippen molar-refractivity contribution in [3.05, 3.63) is 41.6 Å². The van der Waals surface area contributed by atoms with Gasteiger partial charge in [-0.1, -0.05) is 18.2 Å². The first-order chi connectivity index (χ1) is 12.7. The molecule has 4 aliphatic carbocycles. The normalized spacial score (nSPS) is 32.4. The van der Waals surface area contributed by atoms with Crippen LogP contribution in [0.1, 0.15) is 56.2 Å². The van der Waals surface area contributed by atoms with Crippen molar-refractivity contribution >= 4 is 23.0 Å². The number of hydrogen-bond acceptors (Lipinski definition) is 3. The van der Waals surface area contributed by atoms with Crippen molar-refractivity contribution in [2.24, 2.45) is 28.8 Å². The first-order valence-electron chi connectivity index (χ1n) is 9.86. The average Bonchev–Trinajstić information content (AvgIpc) is 2.60. The van der Waals surface area contributed by atoms with Crippen LogP contribution in [0.5, 0.6) is 0 Å². The standard InChI is InChI=1S/C22H25N3O/c1-13(26)25-23-12-18-11-21(24-20-5-3-2-4-19(18)20)22-16-7-14-6-15(9-16)10-17(22)8-14/h2-5,11-12,14-17,22H,6-10H2,1H3,(H,25,26)/b23-12-. The van der Waals surface area contributed by atoms with Gasteiger partial charge in [-0.15, -0.1) is 0 Å². The van der Waals surface area contributed by atoms with Gasteiger partial charge >= 0.3 is 0 Å². The van der Waals surface area contributed by atoms with Gasteiger partial charge < -0.3 is 0 Å². The third-order valence-corrected chi connectivity index (χ3v) is 6.76. The molecule has 0 saturated heterocycles. The number of nitrogens with zero attached hydrogens (tertiary/aromatic N) is 2. The average molecular weight is 347 g/mol. The summed E-state index contributed by atoms with van der Waals surface area (Å²) in [5, 5.41) is 5.21. The van der Waals surface area contributed by atoms with Gasteiger partial charge in [0.05, 0.1) is 11.7 Å². The number of aromatic nitrogens is 1. The minimum atomic E-state index is -0.152. The van der Waals surface area contributed by atoms with Gasteiger partial charge in [-0.05, 0) is 67.9 Å². The zero-order chi connectivity index (χ0) is 17.7. The van der Waals surface area contributed by atoms with E-state index in [0.717, 1.165) is 40.1 Å². The van der Waals surface area contributed by atoms with Crippen molar-refractivity contribution in [2.75, 3.05) is 0 Å². The van der Waals surface area contributed by atoms with Crippen molar-refractivity contribution in [1.29, 1.82) is 0 Å². The van der Waals surface area contributed by atoms with Crippen LogP contribution < -0.4 is 5.43 Å². The SMILES string of the molecule is CC(=O)N/N=C\c1cc(C2C3CC4CC(C3)CC2C4)nc2ccccc12. The lowest BCUT2D eigenvalue weighted by molar-refractivity contribution is -0.118. The monoisotopic (exact) mass is 347 g/mol. The van der Waals surface area contributed by atoms with Crippen molar-refractivity contribution < 1.29 is 4.79 Å². The molecule has 26 heavy (non-hydrogen) atoms. The molecule has 4 heteroatoms. The molecule has 2 aromatic rings. The van der Waals surface area contributed by atoms with Gasteiger partial charge in [-0.3, -0.25) is 9.78 Å². The maximum atomic E-state index is 11.1. The molecule has 0 radical (unpaired) electrons. The molecular weight excluding hydrogens is 322 g/mol. The Labute approximate surface area is 154 Å². The van der Waals surface area contributed by atoms with Gasteiger partial charge in [0.2, 0.25) is 5.91 Å². The fraction of sp³-hybridized carbons (Fsp3) is 0.500. The molecule has 1 aromatic heterocycles. The predicted octanol–water partition coefficient (Wildman–Crippen LogP) is 4.24. The van der Waals surface area contributed by atoms with E-state index in [0.29, 0.717) is 5.92 Å². The molecule has 1 amide bonds. The number of carbonyl (C=O) groups excluding carboxylic acids is 1. The molecule has 6 rings (SSSR count). The highest BCUT2D eigenvalue weighted by Gasteiger charge is 2.49. The molecule has 0 atom stereocenters. The largest absolute Gasteiger partial charge is 0.274 e. The van der Waals surface area contributed by atoms with E-state index in [4.69, 9.17) is 4.98 Å². The number of carbonyl (C=O) groups is 1. The maximum Gasteiger partial charge on any atom is 0.236 e. The molecule has 134 valence electrons. The number of benzene rings is 1. The van der Waals surface area contributed by atoms with Crippen LogP contribution in [0.4, 0.5) is 0 Å². The number of pyridine rings is 1. The summed E-state index contributed by atoms with van der Waals surface area (Å²) in [5.74, 6) is 3.99. The summed E-state index contributed by atoms with van der Waals surface area (Å²) in [6.07, 6.45) is 8.80. The van der Waals surface area contributed by atoms with Crippen LogP contribution in [0, 0.1) is 23.7 Å². The minimum absolute atomic E-state index is 0.152. The Morgan fingerprint density at radius 2 is 1.81 bits per heavy atom. The number of amides is 1. The van der Waals surface area contributed by atoms with Gasteiger partial charge in [0.1, 0.15) is 0 Å². The molecule has 4 fully saturated rings. The molecule has 0 aliphatic heterocycles. The Kier molecular flexibility index (Phi) is 3.80. The highest BCUT2D eigenvalue weighted by molar-refractivity contribution is 5.98. The van der Waals surface area contributed by atoms with Crippen molar-refractivity contribution in [1.82, 2.24) is 10.4 Å². The van der Waals surface area contributed by atoms with Crippen LogP contribution in [0.3, 0.4) is 0 Å². The van der Waals surface area contributed by atoms with Gasteiger partial charge in [0.15, 0.2) is 0 Å². The van der Waals surface area contributed by atoms with Gasteiger partial charge in [-0.2, -0.15) is 5.10 Å². The van der Waals surface area contributed by atoms with Crippen LogP contribution in [0.15, 0.2) is 35.4 Å². The van der Waals surface area contributed by atoms with E-state index in [1.165, 1.54) is 44.7 Å². The van der Waals surface area contributed by atoms with E-state index in [1.807, 2.05) is 12.1 Å². The van der Waals surface area contributed by atoms with Gasteiger partial charge in [0.25, 0.3) is 0 Å². The Hall–Kier alpha value is -2.23. The van der Waals surface area contributed by atoms with E-state index in [2.05, 4.69) is 28.7 Å². The zero-order valence-corrected chi connectivity index (χ0v) is 15.2. The number of fused-ring (bicyclic) bond motifs is 1. The second-order valence-electron chi connectivity index (χ2n) is 8.54. The van der Waals surface area contributed by atoms with E-state index >= 15 is 0 Å². The van der Waals surface area contributed by atoms with Crippen LogP contribution in [0.25, 0.3) is 10.9 Å². The minimum Gasteiger partial charge on any atom is -0.274 e. The molecule has 1 N–H and O–H groups in total. The topological polar surface area (TPSA) is 54.4 Å². The lowest BCUT2D eigenvalue weighted by Gasteiger charge is -2.54. The quantitative estimate of drug-likeness (QED) is 0.667. The summed E-state index contributed by atoms with van der Waals surface area (Å²) in [5.41, 5.74) is 5.84. The third kappa shape index (κ3) is 2.72. The van der Waals surface area contributed by atoms with E-state index in [9.17, 15) is 4.79 Å². The summed E-state index contributed by atoms with van der Waals surface area (Å²) in [7, 11) is 0.